The molecule has 0 bridgehead atoms. The van der Waals surface area contributed by atoms with Crippen molar-refractivity contribution in [2.24, 2.45) is 0 Å². The van der Waals surface area contributed by atoms with Crippen LogP contribution in [0.4, 0.5) is 0 Å². The summed E-state index contributed by atoms with van der Waals surface area (Å²) in [5.41, 5.74) is 1.38. The van der Waals surface area contributed by atoms with Crippen molar-refractivity contribution in [3.63, 3.8) is 0 Å². The van der Waals surface area contributed by atoms with Crippen LogP contribution < -0.4 is 5.32 Å². The number of carbonyl (C=O) groups excluding carboxylic acids is 1. The van der Waals surface area contributed by atoms with E-state index in [0.717, 1.165) is 25.9 Å². The van der Waals surface area contributed by atoms with Gasteiger partial charge in [0.15, 0.2) is 0 Å². The van der Waals surface area contributed by atoms with E-state index in [0.29, 0.717) is 5.92 Å². The monoisotopic (exact) mass is 274 g/mol. The van der Waals surface area contributed by atoms with Crippen LogP contribution in [-0.4, -0.2) is 41.8 Å². The smallest absolute Gasteiger partial charge is 0.243 e. The highest BCUT2D eigenvalue weighted by Crippen LogP contribution is 2.28. The van der Waals surface area contributed by atoms with Gasteiger partial charge in [0, 0.05) is 13.1 Å². The fourth-order valence-electron chi connectivity index (χ4n) is 2.65. The summed E-state index contributed by atoms with van der Waals surface area (Å²) in [5.74, 6) is 0.325. The number of aliphatic hydroxyl groups is 1. The lowest BCUT2D eigenvalue weighted by Crippen LogP contribution is -2.46. The maximum absolute atomic E-state index is 11.1. The summed E-state index contributed by atoms with van der Waals surface area (Å²) in [6.45, 7) is 5.34. The van der Waals surface area contributed by atoms with Crippen LogP contribution in [0, 0.1) is 0 Å². The molecule has 1 heterocycles. The molecule has 1 amide bonds. The van der Waals surface area contributed by atoms with Crippen LogP contribution in [0.15, 0.2) is 43.0 Å². The molecule has 20 heavy (non-hydrogen) atoms. The summed E-state index contributed by atoms with van der Waals surface area (Å²) in [4.78, 5) is 13.1. The van der Waals surface area contributed by atoms with Crippen molar-refractivity contribution in [1.29, 1.82) is 0 Å². The van der Waals surface area contributed by atoms with Gasteiger partial charge < -0.3 is 10.4 Å². The Kier molecular flexibility index (Phi) is 5.32. The normalized spacial score (nSPS) is 18.4. The summed E-state index contributed by atoms with van der Waals surface area (Å²) < 4.78 is 0. The molecule has 4 nitrogen and oxygen atoms in total. The van der Waals surface area contributed by atoms with Gasteiger partial charge in [0.05, 0.1) is 6.54 Å². The highest BCUT2D eigenvalue weighted by Gasteiger charge is 2.24. The number of carbonyl (C=O) groups is 1. The van der Waals surface area contributed by atoms with Gasteiger partial charge in [-0.15, -0.1) is 0 Å². The van der Waals surface area contributed by atoms with E-state index < -0.39 is 6.23 Å². The minimum absolute atomic E-state index is 0.247. The van der Waals surface area contributed by atoms with Gasteiger partial charge in [-0.1, -0.05) is 36.9 Å². The summed E-state index contributed by atoms with van der Waals surface area (Å²) >= 11 is 0. The molecule has 0 saturated carbocycles. The number of hydrogen-bond donors (Lipinski definition) is 2. The maximum atomic E-state index is 11.1. The Hall–Kier alpha value is -1.65. The number of benzene rings is 1. The molecule has 1 aliphatic heterocycles. The SMILES string of the molecule is C=CC(=O)NCC(O)N1CCC(c2ccccc2)CC1. The molecule has 1 saturated heterocycles. The first-order valence-electron chi connectivity index (χ1n) is 7.08. The van der Waals surface area contributed by atoms with E-state index >= 15 is 0 Å². The average Bonchev–Trinajstić information content (AvgIpc) is 2.53. The number of aliphatic hydroxyl groups excluding tert-OH is 1. The first-order chi connectivity index (χ1) is 9.70. The van der Waals surface area contributed by atoms with Crippen molar-refractivity contribution in [2.45, 2.75) is 25.0 Å². The van der Waals surface area contributed by atoms with E-state index in [1.165, 1.54) is 11.6 Å². The van der Waals surface area contributed by atoms with Crippen LogP contribution >= 0.6 is 0 Å². The molecule has 4 heteroatoms. The molecule has 1 atom stereocenters. The molecular weight excluding hydrogens is 252 g/mol. The van der Waals surface area contributed by atoms with E-state index in [1.807, 2.05) is 11.0 Å². The fourth-order valence-corrected chi connectivity index (χ4v) is 2.65. The molecule has 2 N–H and O–H groups in total. The number of hydrogen-bond acceptors (Lipinski definition) is 3. The van der Waals surface area contributed by atoms with Crippen LogP contribution in [0.2, 0.25) is 0 Å². The highest BCUT2D eigenvalue weighted by atomic mass is 16.3. The summed E-state index contributed by atoms with van der Waals surface area (Å²) in [6.07, 6.45) is 2.68. The van der Waals surface area contributed by atoms with Gasteiger partial charge in [-0.2, -0.15) is 0 Å². The Morgan fingerprint density at radius 2 is 2.05 bits per heavy atom. The van der Waals surface area contributed by atoms with Crippen molar-refractivity contribution < 1.29 is 9.90 Å². The van der Waals surface area contributed by atoms with Gasteiger partial charge in [0.1, 0.15) is 6.23 Å². The zero-order valence-electron chi connectivity index (χ0n) is 11.7. The minimum atomic E-state index is -0.615. The van der Waals surface area contributed by atoms with E-state index in [-0.39, 0.29) is 12.5 Å². The van der Waals surface area contributed by atoms with Crippen molar-refractivity contribution in [1.82, 2.24) is 10.2 Å². The molecular formula is C16H22N2O2. The van der Waals surface area contributed by atoms with Crippen molar-refractivity contribution in [3.05, 3.63) is 48.6 Å². The molecule has 1 aliphatic rings. The van der Waals surface area contributed by atoms with Crippen LogP contribution in [0.1, 0.15) is 24.3 Å². The maximum Gasteiger partial charge on any atom is 0.243 e. The topological polar surface area (TPSA) is 52.6 Å². The first kappa shape index (κ1) is 14.8. The van der Waals surface area contributed by atoms with Crippen LogP contribution in [-0.2, 0) is 4.79 Å². The van der Waals surface area contributed by atoms with Crippen molar-refractivity contribution in [2.75, 3.05) is 19.6 Å². The molecule has 0 radical (unpaired) electrons. The molecule has 108 valence electrons. The third-order valence-corrected chi connectivity index (χ3v) is 3.87. The van der Waals surface area contributed by atoms with Gasteiger partial charge in [-0.05, 0) is 30.4 Å². The number of nitrogens with one attached hydrogen (secondary N) is 1. The lowest BCUT2D eigenvalue weighted by atomic mass is 9.89. The second-order valence-corrected chi connectivity index (χ2v) is 5.15. The zero-order chi connectivity index (χ0) is 14.4. The second kappa shape index (κ2) is 7.22. The van der Waals surface area contributed by atoms with Gasteiger partial charge in [-0.3, -0.25) is 9.69 Å². The Bertz CT molecular complexity index is 439. The summed E-state index contributed by atoms with van der Waals surface area (Å²) in [6, 6.07) is 10.5. The van der Waals surface area contributed by atoms with Crippen LogP contribution in [0.5, 0.6) is 0 Å². The Labute approximate surface area is 120 Å². The summed E-state index contributed by atoms with van der Waals surface area (Å²) in [7, 11) is 0. The Balaban J connectivity index is 1.79. The summed E-state index contributed by atoms with van der Waals surface area (Å²) in [5, 5.41) is 12.7. The number of nitrogens with zero attached hydrogens (tertiary/aromatic N) is 1. The molecule has 0 aliphatic carbocycles. The minimum Gasteiger partial charge on any atom is -0.377 e. The molecule has 1 fully saturated rings. The molecule has 0 spiro atoms. The van der Waals surface area contributed by atoms with Gasteiger partial charge in [0.2, 0.25) is 5.91 Å². The number of amides is 1. The van der Waals surface area contributed by atoms with E-state index in [9.17, 15) is 9.90 Å². The lowest BCUT2D eigenvalue weighted by molar-refractivity contribution is -0.117. The molecule has 1 aromatic rings. The quantitative estimate of drug-likeness (QED) is 0.800. The first-order valence-corrected chi connectivity index (χ1v) is 7.08. The standard InChI is InChI=1S/C16H22N2O2/c1-2-15(19)17-12-16(20)18-10-8-14(9-11-18)13-6-4-3-5-7-13/h2-7,14,16,20H,1,8-12H2,(H,17,19). The van der Waals surface area contributed by atoms with Crippen molar-refractivity contribution in [3.8, 4) is 0 Å². The van der Waals surface area contributed by atoms with Gasteiger partial charge >= 0.3 is 0 Å². The fraction of sp³-hybridized carbons (Fsp3) is 0.438. The second-order valence-electron chi connectivity index (χ2n) is 5.15. The molecule has 1 unspecified atom stereocenters. The molecule has 2 rings (SSSR count). The number of piperidine rings is 1. The van der Waals surface area contributed by atoms with Crippen LogP contribution in [0.3, 0.4) is 0 Å². The third-order valence-electron chi connectivity index (χ3n) is 3.87. The van der Waals surface area contributed by atoms with Gasteiger partial charge in [0.25, 0.3) is 0 Å². The Morgan fingerprint density at radius 1 is 1.40 bits per heavy atom. The number of rotatable bonds is 5. The third kappa shape index (κ3) is 3.92. The van der Waals surface area contributed by atoms with Gasteiger partial charge in [-0.25, -0.2) is 0 Å². The predicted molar refractivity (Wildman–Crippen MR) is 79.2 cm³/mol. The average molecular weight is 274 g/mol. The lowest BCUT2D eigenvalue weighted by Gasteiger charge is -2.35. The van der Waals surface area contributed by atoms with Crippen LogP contribution in [0.25, 0.3) is 0 Å². The largest absolute Gasteiger partial charge is 0.377 e. The van der Waals surface area contributed by atoms with E-state index in [2.05, 4.69) is 36.2 Å². The van der Waals surface area contributed by atoms with E-state index in [1.54, 1.807) is 0 Å². The van der Waals surface area contributed by atoms with Crippen molar-refractivity contribution >= 4 is 5.91 Å². The van der Waals surface area contributed by atoms with E-state index in [4.69, 9.17) is 0 Å². The highest BCUT2D eigenvalue weighted by molar-refractivity contribution is 5.86. The molecule has 0 aromatic heterocycles. The predicted octanol–water partition coefficient (Wildman–Crippen LogP) is 1.49. The Morgan fingerprint density at radius 3 is 2.65 bits per heavy atom. The zero-order valence-corrected chi connectivity index (χ0v) is 11.7. The molecule has 1 aromatic carbocycles. The number of likely N-dealkylation sites (tertiary alicyclic amines) is 1.